The molecular weight excluding hydrogens is 288 g/mol. The van der Waals surface area contributed by atoms with Crippen molar-refractivity contribution in [1.29, 1.82) is 0 Å². The number of amides is 1. The Morgan fingerprint density at radius 3 is 2.61 bits per heavy atom. The summed E-state index contributed by atoms with van der Waals surface area (Å²) >= 11 is 0. The Kier molecular flexibility index (Phi) is 4.12. The molecule has 0 radical (unpaired) electrons. The van der Waals surface area contributed by atoms with Crippen molar-refractivity contribution >= 4 is 5.91 Å². The molecule has 0 unspecified atom stereocenters. The molecule has 23 heavy (non-hydrogen) atoms. The molecule has 3 atom stereocenters. The minimum absolute atomic E-state index is 0.272. The Morgan fingerprint density at radius 1 is 1.17 bits per heavy atom. The van der Waals surface area contributed by atoms with Crippen LogP contribution in [0.4, 0.5) is 0 Å². The first-order chi connectivity index (χ1) is 11.3. The number of hydrogen-bond donors (Lipinski definition) is 0. The van der Waals surface area contributed by atoms with Crippen LogP contribution >= 0.6 is 0 Å². The molecule has 0 aromatic heterocycles. The van der Waals surface area contributed by atoms with Crippen molar-refractivity contribution in [3.63, 3.8) is 0 Å². The van der Waals surface area contributed by atoms with Gasteiger partial charge in [0, 0.05) is 25.6 Å². The van der Waals surface area contributed by atoms with E-state index in [1.807, 2.05) is 0 Å². The fraction of sp³-hybridized carbons (Fsp3) is 0.632. The zero-order chi connectivity index (χ0) is 15.8. The van der Waals surface area contributed by atoms with Gasteiger partial charge in [-0.2, -0.15) is 0 Å². The van der Waals surface area contributed by atoms with Crippen LogP contribution in [-0.2, 0) is 9.53 Å². The minimum atomic E-state index is 0.272. The van der Waals surface area contributed by atoms with Crippen LogP contribution in [0.25, 0.3) is 0 Å². The number of likely N-dealkylation sites (tertiary alicyclic amines) is 1. The molecule has 1 aromatic rings. The summed E-state index contributed by atoms with van der Waals surface area (Å²) < 4.78 is 5.12. The topological polar surface area (TPSA) is 32.8 Å². The van der Waals surface area contributed by atoms with Gasteiger partial charge in [-0.3, -0.25) is 9.69 Å². The van der Waals surface area contributed by atoms with Crippen molar-refractivity contribution in [2.24, 2.45) is 5.92 Å². The van der Waals surface area contributed by atoms with Gasteiger partial charge in [-0.1, -0.05) is 30.3 Å². The lowest BCUT2D eigenvalue weighted by atomic mass is 9.75. The zero-order valence-corrected chi connectivity index (χ0v) is 13.9. The summed E-state index contributed by atoms with van der Waals surface area (Å²) in [4.78, 5) is 17.6. The summed E-state index contributed by atoms with van der Waals surface area (Å²) in [6.45, 7) is 3.80. The van der Waals surface area contributed by atoms with Gasteiger partial charge in [0.25, 0.3) is 0 Å². The monoisotopic (exact) mass is 314 g/mol. The van der Waals surface area contributed by atoms with Gasteiger partial charge in [-0.15, -0.1) is 0 Å². The molecule has 4 aliphatic heterocycles. The fourth-order valence-corrected chi connectivity index (χ4v) is 5.03. The highest BCUT2D eigenvalue weighted by Gasteiger charge is 2.54. The third kappa shape index (κ3) is 2.58. The summed E-state index contributed by atoms with van der Waals surface area (Å²) in [5, 5.41) is 0. The molecule has 4 fully saturated rings. The minimum Gasteiger partial charge on any atom is -0.384 e. The molecule has 4 aliphatic rings. The Morgan fingerprint density at radius 2 is 1.91 bits per heavy atom. The van der Waals surface area contributed by atoms with E-state index in [0.717, 1.165) is 6.54 Å². The number of piperidine rings is 3. The number of fused-ring (bicyclic) bond motifs is 2. The third-order valence-corrected chi connectivity index (χ3v) is 6.06. The van der Waals surface area contributed by atoms with E-state index in [1.54, 1.807) is 7.11 Å². The maximum atomic E-state index is 12.7. The highest BCUT2D eigenvalue weighted by Crippen LogP contribution is 2.46. The second-order valence-corrected chi connectivity index (χ2v) is 7.16. The average Bonchev–Trinajstić information content (AvgIpc) is 3.04. The van der Waals surface area contributed by atoms with Crippen LogP contribution in [-0.4, -0.2) is 61.1 Å². The van der Waals surface area contributed by atoms with Gasteiger partial charge in [-0.25, -0.2) is 0 Å². The van der Waals surface area contributed by atoms with Gasteiger partial charge in [0.05, 0.1) is 19.1 Å². The molecular formula is C19H26N2O2. The third-order valence-electron chi connectivity index (χ3n) is 6.06. The zero-order valence-electron chi connectivity index (χ0n) is 13.9. The van der Waals surface area contributed by atoms with Gasteiger partial charge in [0.15, 0.2) is 0 Å². The number of methoxy groups -OCH3 is 1. The number of carbonyl (C=O) groups excluding carboxylic acids is 1. The second-order valence-electron chi connectivity index (χ2n) is 7.16. The number of carbonyl (C=O) groups is 1. The summed E-state index contributed by atoms with van der Waals surface area (Å²) in [6, 6.07) is 11.7. The van der Waals surface area contributed by atoms with Crippen LogP contribution in [0.5, 0.6) is 0 Å². The first kappa shape index (κ1) is 15.2. The van der Waals surface area contributed by atoms with Crippen LogP contribution in [0.2, 0.25) is 0 Å². The maximum absolute atomic E-state index is 12.7. The van der Waals surface area contributed by atoms with Gasteiger partial charge in [-0.05, 0) is 37.4 Å². The number of benzene rings is 1. The summed E-state index contributed by atoms with van der Waals surface area (Å²) in [6.07, 6.45) is 3.00. The highest BCUT2D eigenvalue weighted by atomic mass is 16.5. The number of ether oxygens (including phenoxy) is 1. The maximum Gasteiger partial charge on any atom is 0.225 e. The molecule has 4 saturated heterocycles. The molecule has 0 spiro atoms. The van der Waals surface area contributed by atoms with Crippen molar-refractivity contribution in [1.82, 2.24) is 9.80 Å². The lowest BCUT2D eigenvalue weighted by Crippen LogP contribution is -2.60. The molecule has 0 saturated carbocycles. The lowest BCUT2D eigenvalue weighted by molar-refractivity contribution is -0.136. The molecule has 124 valence electrons. The van der Waals surface area contributed by atoms with E-state index in [-0.39, 0.29) is 5.91 Å². The van der Waals surface area contributed by atoms with Crippen molar-refractivity contribution in [2.75, 3.05) is 33.4 Å². The summed E-state index contributed by atoms with van der Waals surface area (Å²) in [5.41, 5.74) is 1.39. The Labute approximate surface area is 138 Å². The Hall–Kier alpha value is -1.39. The van der Waals surface area contributed by atoms with Crippen LogP contribution < -0.4 is 0 Å². The predicted molar refractivity (Wildman–Crippen MR) is 89.3 cm³/mol. The van der Waals surface area contributed by atoms with Crippen molar-refractivity contribution in [3.8, 4) is 0 Å². The molecule has 0 N–H and O–H groups in total. The van der Waals surface area contributed by atoms with Crippen LogP contribution in [0, 0.1) is 5.92 Å². The predicted octanol–water partition coefficient (Wildman–Crippen LogP) is 2.11. The van der Waals surface area contributed by atoms with Gasteiger partial charge in [0.2, 0.25) is 5.91 Å². The summed E-state index contributed by atoms with van der Waals surface area (Å²) in [7, 11) is 1.67. The molecule has 4 heterocycles. The fourth-order valence-electron chi connectivity index (χ4n) is 5.03. The molecule has 0 aliphatic carbocycles. The quantitative estimate of drug-likeness (QED) is 0.853. The van der Waals surface area contributed by atoms with E-state index in [9.17, 15) is 4.79 Å². The largest absolute Gasteiger partial charge is 0.384 e. The van der Waals surface area contributed by atoms with E-state index < -0.39 is 0 Å². The lowest BCUT2D eigenvalue weighted by Gasteiger charge is -2.51. The smallest absolute Gasteiger partial charge is 0.225 e. The molecule has 4 heteroatoms. The molecule has 5 rings (SSSR count). The first-order valence-electron chi connectivity index (χ1n) is 8.87. The van der Waals surface area contributed by atoms with Crippen LogP contribution in [0.15, 0.2) is 30.3 Å². The van der Waals surface area contributed by atoms with Gasteiger partial charge in [0.1, 0.15) is 0 Å². The number of rotatable bonds is 4. The molecule has 4 nitrogen and oxygen atoms in total. The van der Waals surface area contributed by atoms with E-state index in [1.165, 1.54) is 31.5 Å². The van der Waals surface area contributed by atoms with Crippen LogP contribution in [0.1, 0.15) is 30.7 Å². The average molecular weight is 314 g/mol. The van der Waals surface area contributed by atoms with E-state index >= 15 is 0 Å². The van der Waals surface area contributed by atoms with Crippen molar-refractivity contribution < 1.29 is 9.53 Å². The summed E-state index contributed by atoms with van der Waals surface area (Å²) in [5.74, 6) is 1.41. The normalized spacial score (nSPS) is 35.3. The SMILES string of the molecule is COCCC(=O)N1C[C@@H](c2ccccc2)[C@@H]2[C@H]1C1CCN2CC1. The number of nitrogens with zero attached hydrogens (tertiary/aromatic N) is 2. The first-order valence-corrected chi connectivity index (χ1v) is 8.87. The van der Waals surface area contributed by atoms with Gasteiger partial charge < -0.3 is 9.64 Å². The van der Waals surface area contributed by atoms with Crippen LogP contribution in [0.3, 0.4) is 0 Å². The molecule has 2 bridgehead atoms. The Bertz CT molecular complexity index is 554. The van der Waals surface area contributed by atoms with E-state index in [4.69, 9.17) is 4.74 Å². The number of hydrogen-bond acceptors (Lipinski definition) is 3. The molecule has 1 amide bonds. The standard InChI is InChI=1S/C19H26N2O2/c1-23-12-9-17(22)21-13-16(14-5-3-2-4-6-14)19-18(21)15-7-10-20(19)11-8-15/h2-6,15-16,18-19H,7-13H2,1H3/t16-,18+,19+/m0/s1. The Balaban J connectivity index is 1.63. The van der Waals surface area contributed by atoms with Gasteiger partial charge >= 0.3 is 0 Å². The van der Waals surface area contributed by atoms with Crippen molar-refractivity contribution in [2.45, 2.75) is 37.3 Å². The van der Waals surface area contributed by atoms with E-state index in [2.05, 4.69) is 40.1 Å². The molecule has 1 aromatic carbocycles. The van der Waals surface area contributed by atoms with E-state index in [0.29, 0.717) is 36.9 Å². The van der Waals surface area contributed by atoms with Crippen molar-refractivity contribution in [3.05, 3.63) is 35.9 Å². The second kappa shape index (κ2) is 6.25. The highest BCUT2D eigenvalue weighted by molar-refractivity contribution is 5.77.